The lowest BCUT2D eigenvalue weighted by atomic mass is 9.89. The van der Waals surface area contributed by atoms with Crippen molar-refractivity contribution in [2.45, 2.75) is 46.6 Å². The molecule has 1 rings (SSSR count). The van der Waals surface area contributed by atoms with Crippen LogP contribution in [0.3, 0.4) is 0 Å². The molecule has 0 bridgehead atoms. The molecule has 0 saturated carbocycles. The summed E-state index contributed by atoms with van der Waals surface area (Å²) < 4.78 is 5.58. The minimum absolute atomic E-state index is 0.173. The van der Waals surface area contributed by atoms with Crippen molar-refractivity contribution in [1.82, 2.24) is 0 Å². The molecule has 0 saturated heterocycles. The van der Waals surface area contributed by atoms with Gasteiger partial charge in [0.1, 0.15) is 11.4 Å². The topological polar surface area (TPSA) is 46.5 Å². The monoisotopic (exact) mass is 250 g/mol. The molecule has 0 atom stereocenters. The zero-order chi connectivity index (χ0) is 14.0. The number of phenols is 1. The molecule has 100 valence electrons. The Morgan fingerprint density at radius 3 is 2.39 bits per heavy atom. The zero-order valence-corrected chi connectivity index (χ0v) is 11.8. The maximum atomic E-state index is 12.1. The second kappa shape index (κ2) is 5.01. The fraction of sp³-hybridized carbons (Fsp3) is 0.533. The molecule has 0 fully saturated rings. The number of phenolic OH excluding ortho intramolecular Hbond substituents is 1. The predicted molar refractivity (Wildman–Crippen MR) is 71.3 cm³/mol. The number of carbonyl (C=O) groups excluding carboxylic acids is 1. The number of aromatic hydroxyl groups is 1. The molecule has 0 aliphatic rings. The third-order valence-corrected chi connectivity index (χ3v) is 3.33. The summed E-state index contributed by atoms with van der Waals surface area (Å²) in [6.45, 7) is 9.35. The first-order valence-electron chi connectivity index (χ1n) is 6.22. The lowest BCUT2D eigenvalue weighted by Crippen LogP contribution is -2.33. The molecule has 0 unspecified atom stereocenters. The molecule has 0 aliphatic carbocycles. The van der Waals surface area contributed by atoms with Gasteiger partial charge in [-0.25, -0.2) is 0 Å². The van der Waals surface area contributed by atoms with E-state index < -0.39 is 11.0 Å². The van der Waals surface area contributed by atoms with Gasteiger partial charge in [0, 0.05) is 0 Å². The van der Waals surface area contributed by atoms with E-state index in [1.54, 1.807) is 18.2 Å². The fourth-order valence-corrected chi connectivity index (χ4v) is 1.45. The summed E-state index contributed by atoms with van der Waals surface area (Å²) >= 11 is 0. The van der Waals surface area contributed by atoms with Crippen molar-refractivity contribution in [1.29, 1.82) is 0 Å². The average molecular weight is 250 g/mol. The van der Waals surface area contributed by atoms with Crippen molar-refractivity contribution >= 4 is 5.97 Å². The van der Waals surface area contributed by atoms with Crippen LogP contribution in [0.5, 0.6) is 5.75 Å². The summed E-state index contributed by atoms with van der Waals surface area (Å²) in [6, 6.07) is 6.79. The number of benzene rings is 1. The first kappa shape index (κ1) is 14.6. The third kappa shape index (κ3) is 3.25. The SMILES string of the molecule is CCC(C)(C)C(=O)OC(C)(C)c1cccc(O)c1. The van der Waals surface area contributed by atoms with Gasteiger partial charge in [0.15, 0.2) is 0 Å². The fourth-order valence-electron chi connectivity index (χ4n) is 1.45. The molecule has 0 amide bonds. The molecular formula is C15H22O3. The highest BCUT2D eigenvalue weighted by atomic mass is 16.6. The molecule has 1 aromatic rings. The van der Waals surface area contributed by atoms with Gasteiger partial charge in [0.2, 0.25) is 0 Å². The van der Waals surface area contributed by atoms with Crippen molar-refractivity contribution in [2.75, 3.05) is 0 Å². The molecule has 0 aliphatic heterocycles. The van der Waals surface area contributed by atoms with Crippen LogP contribution in [-0.2, 0) is 15.1 Å². The number of rotatable bonds is 4. The van der Waals surface area contributed by atoms with E-state index in [2.05, 4.69) is 0 Å². The normalized spacial score (nSPS) is 12.3. The zero-order valence-electron chi connectivity index (χ0n) is 11.8. The van der Waals surface area contributed by atoms with Crippen molar-refractivity contribution < 1.29 is 14.6 Å². The summed E-state index contributed by atoms with van der Waals surface area (Å²) in [5.41, 5.74) is -0.459. The molecule has 1 N–H and O–H groups in total. The van der Waals surface area contributed by atoms with Gasteiger partial charge in [-0.1, -0.05) is 19.1 Å². The van der Waals surface area contributed by atoms with Gasteiger partial charge >= 0.3 is 5.97 Å². The van der Waals surface area contributed by atoms with Gasteiger partial charge in [-0.3, -0.25) is 4.79 Å². The van der Waals surface area contributed by atoms with Crippen molar-refractivity contribution in [2.24, 2.45) is 5.41 Å². The van der Waals surface area contributed by atoms with E-state index in [0.29, 0.717) is 0 Å². The second-order valence-electron chi connectivity index (χ2n) is 5.69. The molecule has 0 heterocycles. The molecule has 3 heteroatoms. The van der Waals surface area contributed by atoms with E-state index in [1.165, 1.54) is 0 Å². The van der Waals surface area contributed by atoms with E-state index in [1.807, 2.05) is 40.7 Å². The van der Waals surface area contributed by atoms with Crippen LogP contribution in [0.4, 0.5) is 0 Å². The Kier molecular flexibility index (Phi) is 4.05. The predicted octanol–water partition coefficient (Wildman–Crippen LogP) is 3.61. The van der Waals surface area contributed by atoms with Crippen LogP contribution in [-0.4, -0.2) is 11.1 Å². The van der Waals surface area contributed by atoms with Crippen LogP contribution in [0.2, 0.25) is 0 Å². The molecule has 0 aromatic heterocycles. The van der Waals surface area contributed by atoms with Crippen LogP contribution < -0.4 is 0 Å². The Balaban J connectivity index is 2.92. The maximum Gasteiger partial charge on any atom is 0.312 e. The van der Waals surface area contributed by atoms with E-state index in [4.69, 9.17) is 4.74 Å². The lowest BCUT2D eigenvalue weighted by molar-refractivity contribution is -0.168. The molecular weight excluding hydrogens is 228 g/mol. The second-order valence-corrected chi connectivity index (χ2v) is 5.69. The number of ether oxygens (including phenoxy) is 1. The van der Waals surface area contributed by atoms with Crippen LogP contribution in [0.15, 0.2) is 24.3 Å². The Morgan fingerprint density at radius 2 is 1.89 bits per heavy atom. The van der Waals surface area contributed by atoms with Gasteiger partial charge in [0.25, 0.3) is 0 Å². The number of carbonyl (C=O) groups is 1. The first-order valence-corrected chi connectivity index (χ1v) is 6.22. The van der Waals surface area contributed by atoms with E-state index in [-0.39, 0.29) is 11.7 Å². The summed E-state index contributed by atoms with van der Waals surface area (Å²) in [5, 5.41) is 9.48. The van der Waals surface area contributed by atoms with Gasteiger partial charge in [-0.15, -0.1) is 0 Å². The average Bonchev–Trinajstić information content (AvgIpc) is 2.28. The van der Waals surface area contributed by atoms with Crippen LogP contribution in [0.25, 0.3) is 0 Å². The number of esters is 1. The maximum absolute atomic E-state index is 12.1. The Bertz CT molecular complexity index is 433. The van der Waals surface area contributed by atoms with E-state index in [0.717, 1.165) is 12.0 Å². The van der Waals surface area contributed by atoms with E-state index >= 15 is 0 Å². The lowest BCUT2D eigenvalue weighted by Gasteiger charge is -2.30. The van der Waals surface area contributed by atoms with Crippen molar-refractivity contribution in [3.8, 4) is 5.75 Å². The summed E-state index contributed by atoms with van der Waals surface area (Å²) in [6.07, 6.45) is 0.724. The van der Waals surface area contributed by atoms with Crippen LogP contribution >= 0.6 is 0 Å². The Hall–Kier alpha value is -1.51. The summed E-state index contributed by atoms with van der Waals surface area (Å²) in [5.74, 6) is -0.0512. The molecule has 0 radical (unpaired) electrons. The highest BCUT2D eigenvalue weighted by Gasteiger charge is 2.33. The highest BCUT2D eigenvalue weighted by Crippen LogP contribution is 2.31. The molecule has 1 aromatic carbocycles. The van der Waals surface area contributed by atoms with Gasteiger partial charge in [-0.2, -0.15) is 0 Å². The van der Waals surface area contributed by atoms with Gasteiger partial charge in [0.05, 0.1) is 5.41 Å². The Labute approximate surface area is 109 Å². The molecule has 18 heavy (non-hydrogen) atoms. The third-order valence-electron chi connectivity index (χ3n) is 3.33. The quantitative estimate of drug-likeness (QED) is 0.830. The Morgan fingerprint density at radius 1 is 1.28 bits per heavy atom. The van der Waals surface area contributed by atoms with Crippen LogP contribution in [0.1, 0.15) is 46.6 Å². The van der Waals surface area contributed by atoms with Crippen molar-refractivity contribution in [3.63, 3.8) is 0 Å². The van der Waals surface area contributed by atoms with Gasteiger partial charge < -0.3 is 9.84 Å². The summed E-state index contributed by atoms with van der Waals surface area (Å²) in [4.78, 5) is 12.1. The standard InChI is InChI=1S/C15H22O3/c1-6-14(2,3)13(17)18-15(4,5)11-8-7-9-12(16)10-11/h7-10,16H,6H2,1-5H3. The first-order chi connectivity index (χ1) is 8.19. The van der Waals surface area contributed by atoms with Crippen LogP contribution in [0, 0.1) is 5.41 Å². The smallest absolute Gasteiger partial charge is 0.312 e. The number of hydrogen-bond donors (Lipinski definition) is 1. The largest absolute Gasteiger partial charge is 0.508 e. The highest BCUT2D eigenvalue weighted by molar-refractivity contribution is 5.76. The number of hydrogen-bond acceptors (Lipinski definition) is 3. The molecule has 0 spiro atoms. The summed E-state index contributed by atoms with van der Waals surface area (Å²) in [7, 11) is 0. The van der Waals surface area contributed by atoms with E-state index in [9.17, 15) is 9.90 Å². The minimum Gasteiger partial charge on any atom is -0.508 e. The minimum atomic E-state index is -0.748. The van der Waals surface area contributed by atoms with Gasteiger partial charge in [-0.05, 0) is 51.8 Å². The van der Waals surface area contributed by atoms with Crippen molar-refractivity contribution in [3.05, 3.63) is 29.8 Å². The molecule has 3 nitrogen and oxygen atoms in total.